The van der Waals surface area contributed by atoms with E-state index in [1.807, 2.05) is 12.1 Å². The van der Waals surface area contributed by atoms with Gasteiger partial charge in [0.2, 0.25) is 0 Å². The summed E-state index contributed by atoms with van der Waals surface area (Å²) in [5, 5.41) is 3.65. The van der Waals surface area contributed by atoms with E-state index in [0.717, 1.165) is 23.8 Å². The van der Waals surface area contributed by atoms with Crippen molar-refractivity contribution >= 4 is 6.08 Å². The van der Waals surface area contributed by atoms with Gasteiger partial charge in [0.15, 0.2) is 0 Å². The summed E-state index contributed by atoms with van der Waals surface area (Å²) >= 11 is 0. The van der Waals surface area contributed by atoms with Gasteiger partial charge in [0.05, 0.1) is 7.11 Å². The van der Waals surface area contributed by atoms with Gasteiger partial charge in [-0.15, -0.1) is 0 Å². The van der Waals surface area contributed by atoms with Crippen molar-refractivity contribution in [1.29, 1.82) is 0 Å². The lowest BCUT2D eigenvalue weighted by Crippen LogP contribution is -2.39. The van der Waals surface area contributed by atoms with Crippen molar-refractivity contribution in [2.24, 2.45) is 5.92 Å². The molecule has 3 aliphatic heterocycles. The number of benzene rings is 1. The minimum Gasteiger partial charge on any atom is -0.496 e. The van der Waals surface area contributed by atoms with E-state index in [1.54, 1.807) is 7.11 Å². The Labute approximate surface area is 121 Å². The Morgan fingerprint density at radius 3 is 3.00 bits per heavy atom. The second-order valence-corrected chi connectivity index (χ2v) is 5.91. The van der Waals surface area contributed by atoms with Crippen LogP contribution in [-0.4, -0.2) is 44.2 Å². The predicted molar refractivity (Wildman–Crippen MR) is 83.0 cm³/mol. The summed E-state index contributed by atoms with van der Waals surface area (Å²) in [6, 6.07) is 8.87. The van der Waals surface area contributed by atoms with E-state index in [0.29, 0.717) is 6.04 Å². The number of piperidine rings is 1. The first-order chi connectivity index (χ1) is 9.85. The van der Waals surface area contributed by atoms with Crippen molar-refractivity contribution < 1.29 is 4.74 Å². The third kappa shape index (κ3) is 3.22. The van der Waals surface area contributed by atoms with Crippen LogP contribution in [0.25, 0.3) is 6.08 Å². The molecule has 0 unspecified atom stereocenters. The Kier molecular flexibility index (Phi) is 4.38. The second-order valence-electron chi connectivity index (χ2n) is 5.91. The maximum Gasteiger partial charge on any atom is 0.126 e. The van der Waals surface area contributed by atoms with Gasteiger partial charge in [-0.3, -0.25) is 4.90 Å². The highest BCUT2D eigenvalue weighted by Crippen LogP contribution is 2.22. The maximum atomic E-state index is 5.38. The average Bonchev–Trinajstić information content (AvgIpc) is 2.80. The Morgan fingerprint density at radius 1 is 1.30 bits per heavy atom. The van der Waals surface area contributed by atoms with Crippen LogP contribution in [-0.2, 0) is 0 Å². The third-order valence-electron chi connectivity index (χ3n) is 4.41. The molecule has 2 bridgehead atoms. The summed E-state index contributed by atoms with van der Waals surface area (Å²) in [5.74, 6) is 1.79. The topological polar surface area (TPSA) is 24.5 Å². The Balaban J connectivity index is 1.60. The van der Waals surface area contributed by atoms with E-state index in [1.165, 1.54) is 32.5 Å². The van der Waals surface area contributed by atoms with E-state index in [4.69, 9.17) is 4.74 Å². The van der Waals surface area contributed by atoms with Crippen LogP contribution < -0.4 is 10.1 Å². The highest BCUT2D eigenvalue weighted by atomic mass is 16.5. The Hall–Kier alpha value is -1.32. The van der Waals surface area contributed by atoms with Gasteiger partial charge >= 0.3 is 0 Å². The molecule has 3 fully saturated rings. The molecule has 0 aliphatic carbocycles. The second kappa shape index (κ2) is 6.42. The molecule has 0 aromatic heterocycles. The smallest absolute Gasteiger partial charge is 0.126 e. The van der Waals surface area contributed by atoms with Crippen LogP contribution in [0, 0.1) is 5.92 Å². The Bertz CT molecular complexity index is 450. The maximum absolute atomic E-state index is 5.38. The number of nitrogens with one attached hydrogen (secondary N) is 1. The number of methoxy groups -OCH3 is 1. The molecule has 0 saturated carbocycles. The number of hydrogen-bond donors (Lipinski definition) is 1. The zero-order valence-corrected chi connectivity index (χ0v) is 12.2. The zero-order valence-electron chi connectivity index (χ0n) is 12.2. The first-order valence-corrected chi connectivity index (χ1v) is 7.60. The van der Waals surface area contributed by atoms with Gasteiger partial charge in [0, 0.05) is 31.2 Å². The number of nitrogens with zero attached hydrogens (tertiary/aromatic N) is 1. The molecule has 0 spiro atoms. The van der Waals surface area contributed by atoms with Crippen molar-refractivity contribution in [3.63, 3.8) is 0 Å². The molecule has 3 nitrogen and oxygen atoms in total. The van der Waals surface area contributed by atoms with Gasteiger partial charge in [-0.05, 0) is 31.4 Å². The third-order valence-corrected chi connectivity index (χ3v) is 4.41. The normalized spacial score (nSPS) is 26.9. The van der Waals surface area contributed by atoms with Crippen molar-refractivity contribution in [3.05, 3.63) is 35.9 Å². The molecule has 20 heavy (non-hydrogen) atoms. The summed E-state index contributed by atoms with van der Waals surface area (Å²) in [4.78, 5) is 2.58. The van der Waals surface area contributed by atoms with Crippen molar-refractivity contribution in [3.8, 4) is 5.75 Å². The monoisotopic (exact) mass is 272 g/mol. The summed E-state index contributed by atoms with van der Waals surface area (Å²) in [6.07, 6.45) is 7.18. The molecule has 0 amide bonds. The fraction of sp³-hybridized carbons (Fsp3) is 0.529. The lowest BCUT2D eigenvalue weighted by Gasteiger charge is -2.23. The highest BCUT2D eigenvalue weighted by molar-refractivity contribution is 5.57. The molecule has 3 aliphatic rings. The van der Waals surface area contributed by atoms with Crippen molar-refractivity contribution in [2.45, 2.75) is 18.9 Å². The number of hydrogen-bond acceptors (Lipinski definition) is 3. The lowest BCUT2D eigenvalue weighted by molar-refractivity contribution is 0.291. The first-order valence-electron chi connectivity index (χ1n) is 7.60. The van der Waals surface area contributed by atoms with Crippen LogP contribution in [0.5, 0.6) is 5.75 Å². The number of rotatable bonds is 4. The quantitative estimate of drug-likeness (QED) is 0.911. The van der Waals surface area contributed by atoms with Crippen LogP contribution >= 0.6 is 0 Å². The van der Waals surface area contributed by atoms with Crippen molar-refractivity contribution in [2.75, 3.05) is 33.3 Å². The molecule has 3 heterocycles. The fourth-order valence-corrected chi connectivity index (χ4v) is 3.32. The van der Waals surface area contributed by atoms with Crippen LogP contribution in [0.3, 0.4) is 0 Å². The van der Waals surface area contributed by atoms with Gasteiger partial charge in [-0.1, -0.05) is 30.4 Å². The average molecular weight is 272 g/mol. The van der Waals surface area contributed by atoms with Crippen molar-refractivity contribution in [1.82, 2.24) is 10.2 Å². The fourth-order valence-electron chi connectivity index (χ4n) is 3.32. The number of fused-ring (bicyclic) bond motifs is 4. The minimum absolute atomic E-state index is 0.702. The number of para-hydroxylation sites is 1. The number of ether oxygens (including phenoxy) is 1. The van der Waals surface area contributed by atoms with E-state index in [-0.39, 0.29) is 0 Å². The van der Waals surface area contributed by atoms with E-state index in [2.05, 4.69) is 34.5 Å². The van der Waals surface area contributed by atoms with E-state index >= 15 is 0 Å². The molecule has 3 heteroatoms. The summed E-state index contributed by atoms with van der Waals surface area (Å²) in [7, 11) is 1.73. The molecular weight excluding hydrogens is 248 g/mol. The first kappa shape index (κ1) is 13.7. The van der Waals surface area contributed by atoms with E-state index < -0.39 is 0 Å². The minimum atomic E-state index is 0.702. The predicted octanol–water partition coefficient (Wildman–Crippen LogP) is 2.39. The largest absolute Gasteiger partial charge is 0.496 e. The molecule has 2 atom stereocenters. The molecule has 108 valence electrons. The van der Waals surface area contributed by atoms with Crippen LogP contribution in [0.2, 0.25) is 0 Å². The van der Waals surface area contributed by atoms with E-state index in [9.17, 15) is 0 Å². The summed E-state index contributed by atoms with van der Waals surface area (Å²) in [5.41, 5.74) is 1.16. The summed E-state index contributed by atoms with van der Waals surface area (Å²) < 4.78 is 5.38. The SMILES string of the molecule is COc1ccccc1C=CCN1C[C@H]2CC[C@@H](C1)NC2. The summed E-state index contributed by atoms with van der Waals surface area (Å²) in [6.45, 7) is 4.66. The molecular formula is C17H24N2O. The zero-order chi connectivity index (χ0) is 13.8. The molecule has 1 aromatic rings. The molecule has 1 aromatic carbocycles. The van der Waals surface area contributed by atoms with Gasteiger partial charge < -0.3 is 10.1 Å². The lowest BCUT2D eigenvalue weighted by atomic mass is 9.97. The standard InChI is InChI=1S/C17H24N2O/c1-20-17-7-3-2-5-15(17)6-4-10-19-12-14-8-9-16(13-19)18-11-14/h2-7,14,16,18H,8-13H2,1H3/t14-,16-/m0/s1. The highest BCUT2D eigenvalue weighted by Gasteiger charge is 2.28. The Morgan fingerprint density at radius 2 is 2.20 bits per heavy atom. The van der Waals surface area contributed by atoms with Crippen LogP contribution in [0.1, 0.15) is 18.4 Å². The molecule has 3 saturated heterocycles. The molecule has 1 N–H and O–H groups in total. The van der Waals surface area contributed by atoms with Gasteiger partial charge in [-0.25, -0.2) is 0 Å². The molecule has 0 radical (unpaired) electrons. The van der Waals surface area contributed by atoms with Crippen LogP contribution in [0.4, 0.5) is 0 Å². The molecule has 4 rings (SSSR count). The van der Waals surface area contributed by atoms with Gasteiger partial charge in [0.1, 0.15) is 5.75 Å². The van der Waals surface area contributed by atoms with Crippen LogP contribution in [0.15, 0.2) is 30.3 Å². The van der Waals surface area contributed by atoms with Gasteiger partial charge in [0.25, 0.3) is 0 Å². The van der Waals surface area contributed by atoms with Gasteiger partial charge in [-0.2, -0.15) is 0 Å².